The standard InChI is InChI=1S/C7H9NO3/c9-7(10)3-1-2-6-4-5-11-8-6/h4-5H,1-3H2,(H,9,10). The molecule has 4 heteroatoms. The molecule has 0 spiro atoms. The molecule has 0 saturated carbocycles. The van der Waals surface area contributed by atoms with E-state index in [1.807, 2.05) is 0 Å². The summed E-state index contributed by atoms with van der Waals surface area (Å²) in [6.07, 6.45) is 2.95. The number of carbonyl (C=O) groups is 1. The quantitative estimate of drug-likeness (QED) is 0.706. The number of hydrogen-bond donors (Lipinski definition) is 1. The third-order valence-corrected chi connectivity index (χ3v) is 1.31. The molecule has 0 amide bonds. The van der Waals surface area contributed by atoms with Crippen LogP contribution in [0.2, 0.25) is 0 Å². The smallest absolute Gasteiger partial charge is 0.303 e. The largest absolute Gasteiger partial charge is 0.481 e. The maximum atomic E-state index is 10.1. The Morgan fingerprint density at radius 1 is 1.73 bits per heavy atom. The molecule has 0 aliphatic rings. The van der Waals surface area contributed by atoms with Gasteiger partial charge in [-0.1, -0.05) is 5.16 Å². The molecule has 0 aromatic carbocycles. The molecule has 1 aromatic heterocycles. The summed E-state index contributed by atoms with van der Waals surface area (Å²) in [7, 11) is 0. The Labute approximate surface area is 63.8 Å². The van der Waals surface area contributed by atoms with Crippen LogP contribution in [0.4, 0.5) is 0 Å². The second-order valence-corrected chi connectivity index (χ2v) is 2.24. The third kappa shape index (κ3) is 2.84. The zero-order valence-corrected chi connectivity index (χ0v) is 5.99. The fraction of sp³-hybridized carbons (Fsp3) is 0.429. The van der Waals surface area contributed by atoms with Crippen molar-refractivity contribution in [2.75, 3.05) is 0 Å². The summed E-state index contributed by atoms with van der Waals surface area (Å²) in [5.41, 5.74) is 0.811. The molecule has 0 bridgehead atoms. The molecule has 1 aromatic rings. The number of nitrogens with zero attached hydrogens (tertiary/aromatic N) is 1. The highest BCUT2D eigenvalue weighted by atomic mass is 16.5. The van der Waals surface area contributed by atoms with Gasteiger partial charge in [-0.3, -0.25) is 4.79 Å². The van der Waals surface area contributed by atoms with E-state index in [9.17, 15) is 4.79 Å². The number of aromatic nitrogens is 1. The van der Waals surface area contributed by atoms with E-state index in [4.69, 9.17) is 5.11 Å². The summed E-state index contributed by atoms with van der Waals surface area (Å²) in [6.45, 7) is 0. The normalized spacial score (nSPS) is 9.82. The lowest BCUT2D eigenvalue weighted by atomic mass is 10.2. The minimum atomic E-state index is -0.770. The molecule has 1 heterocycles. The SMILES string of the molecule is O=C(O)CCCc1ccon1. The lowest BCUT2D eigenvalue weighted by Crippen LogP contribution is -1.95. The molecule has 0 aliphatic heterocycles. The number of aryl methyl sites for hydroxylation is 1. The van der Waals surface area contributed by atoms with Gasteiger partial charge in [0.15, 0.2) is 0 Å². The van der Waals surface area contributed by atoms with E-state index in [-0.39, 0.29) is 6.42 Å². The van der Waals surface area contributed by atoms with Crippen molar-refractivity contribution in [1.82, 2.24) is 5.16 Å². The Balaban J connectivity index is 2.19. The monoisotopic (exact) mass is 155 g/mol. The molecular formula is C7H9NO3. The second kappa shape index (κ2) is 3.75. The van der Waals surface area contributed by atoms with Crippen LogP contribution in [0, 0.1) is 0 Å². The van der Waals surface area contributed by atoms with Gasteiger partial charge in [-0.15, -0.1) is 0 Å². The van der Waals surface area contributed by atoms with Gasteiger partial charge in [0.2, 0.25) is 0 Å². The number of hydrogen-bond acceptors (Lipinski definition) is 3. The van der Waals surface area contributed by atoms with Crippen LogP contribution >= 0.6 is 0 Å². The third-order valence-electron chi connectivity index (χ3n) is 1.31. The molecule has 1 rings (SSSR count). The van der Waals surface area contributed by atoms with Gasteiger partial charge >= 0.3 is 5.97 Å². The average Bonchev–Trinajstić information content (AvgIpc) is 2.39. The molecule has 0 radical (unpaired) electrons. The summed E-state index contributed by atoms with van der Waals surface area (Å²) in [5.74, 6) is -0.770. The van der Waals surface area contributed by atoms with E-state index in [1.165, 1.54) is 6.26 Å². The minimum absolute atomic E-state index is 0.187. The molecule has 0 fully saturated rings. The lowest BCUT2D eigenvalue weighted by molar-refractivity contribution is -0.137. The highest BCUT2D eigenvalue weighted by Gasteiger charge is 1.99. The Bertz CT molecular complexity index is 218. The van der Waals surface area contributed by atoms with Crippen LogP contribution in [-0.2, 0) is 11.2 Å². The van der Waals surface area contributed by atoms with Crippen molar-refractivity contribution in [3.8, 4) is 0 Å². The first-order valence-electron chi connectivity index (χ1n) is 3.40. The first kappa shape index (κ1) is 7.78. The van der Waals surface area contributed by atoms with Gasteiger partial charge in [-0.2, -0.15) is 0 Å². The first-order chi connectivity index (χ1) is 5.29. The summed E-state index contributed by atoms with van der Waals surface area (Å²) in [6, 6.07) is 1.74. The number of aliphatic carboxylic acids is 1. The van der Waals surface area contributed by atoms with E-state index in [1.54, 1.807) is 6.07 Å². The molecule has 0 atom stereocenters. The number of carboxylic acid groups (broad SMARTS) is 1. The van der Waals surface area contributed by atoms with Crippen molar-refractivity contribution in [3.05, 3.63) is 18.0 Å². The minimum Gasteiger partial charge on any atom is -0.481 e. The molecule has 1 N–H and O–H groups in total. The van der Waals surface area contributed by atoms with Gasteiger partial charge in [0, 0.05) is 12.5 Å². The summed E-state index contributed by atoms with van der Waals surface area (Å²) >= 11 is 0. The van der Waals surface area contributed by atoms with E-state index in [0.29, 0.717) is 12.8 Å². The van der Waals surface area contributed by atoms with Crippen molar-refractivity contribution in [2.45, 2.75) is 19.3 Å². The molecule has 4 nitrogen and oxygen atoms in total. The predicted molar refractivity (Wildman–Crippen MR) is 37.1 cm³/mol. The summed E-state index contributed by atoms with van der Waals surface area (Å²) in [4.78, 5) is 10.1. The van der Waals surface area contributed by atoms with E-state index in [2.05, 4.69) is 9.68 Å². The second-order valence-electron chi connectivity index (χ2n) is 2.24. The number of carboxylic acids is 1. The van der Waals surface area contributed by atoms with Gasteiger partial charge in [-0.25, -0.2) is 0 Å². The van der Waals surface area contributed by atoms with Gasteiger partial charge in [0.25, 0.3) is 0 Å². The Kier molecular flexibility index (Phi) is 2.66. The topological polar surface area (TPSA) is 63.3 Å². The molecular weight excluding hydrogens is 146 g/mol. The van der Waals surface area contributed by atoms with Crippen LogP contribution in [0.3, 0.4) is 0 Å². The molecule has 0 aliphatic carbocycles. The van der Waals surface area contributed by atoms with Crippen LogP contribution in [0.1, 0.15) is 18.5 Å². The Morgan fingerprint density at radius 3 is 3.09 bits per heavy atom. The van der Waals surface area contributed by atoms with Gasteiger partial charge in [0.1, 0.15) is 6.26 Å². The highest BCUT2D eigenvalue weighted by molar-refractivity contribution is 5.66. The van der Waals surface area contributed by atoms with E-state index in [0.717, 1.165) is 5.69 Å². The van der Waals surface area contributed by atoms with Crippen molar-refractivity contribution in [2.24, 2.45) is 0 Å². The molecule has 0 saturated heterocycles. The van der Waals surface area contributed by atoms with Crippen LogP contribution < -0.4 is 0 Å². The first-order valence-corrected chi connectivity index (χ1v) is 3.40. The molecule has 11 heavy (non-hydrogen) atoms. The van der Waals surface area contributed by atoms with E-state index < -0.39 is 5.97 Å². The van der Waals surface area contributed by atoms with Crippen molar-refractivity contribution < 1.29 is 14.4 Å². The van der Waals surface area contributed by atoms with Crippen molar-refractivity contribution in [3.63, 3.8) is 0 Å². The van der Waals surface area contributed by atoms with Gasteiger partial charge in [0.05, 0.1) is 5.69 Å². The van der Waals surface area contributed by atoms with Crippen molar-refractivity contribution in [1.29, 1.82) is 0 Å². The Morgan fingerprint density at radius 2 is 2.55 bits per heavy atom. The Hall–Kier alpha value is -1.32. The van der Waals surface area contributed by atoms with Crippen molar-refractivity contribution >= 4 is 5.97 Å². The maximum absolute atomic E-state index is 10.1. The average molecular weight is 155 g/mol. The van der Waals surface area contributed by atoms with Crippen LogP contribution in [0.15, 0.2) is 16.9 Å². The lowest BCUT2D eigenvalue weighted by Gasteiger charge is -1.90. The van der Waals surface area contributed by atoms with Crippen LogP contribution in [0.25, 0.3) is 0 Å². The maximum Gasteiger partial charge on any atom is 0.303 e. The molecule has 0 unspecified atom stereocenters. The van der Waals surface area contributed by atoms with Gasteiger partial charge in [-0.05, 0) is 12.8 Å². The zero-order valence-electron chi connectivity index (χ0n) is 5.99. The number of rotatable bonds is 4. The predicted octanol–water partition coefficient (Wildman–Crippen LogP) is 1.08. The summed E-state index contributed by atoms with van der Waals surface area (Å²) < 4.78 is 4.57. The fourth-order valence-corrected chi connectivity index (χ4v) is 0.787. The van der Waals surface area contributed by atoms with E-state index >= 15 is 0 Å². The van der Waals surface area contributed by atoms with Crippen LogP contribution in [0.5, 0.6) is 0 Å². The van der Waals surface area contributed by atoms with Gasteiger partial charge < -0.3 is 9.63 Å². The fourth-order valence-electron chi connectivity index (χ4n) is 0.787. The highest BCUT2D eigenvalue weighted by Crippen LogP contribution is 2.01. The molecule has 60 valence electrons. The van der Waals surface area contributed by atoms with Crippen LogP contribution in [-0.4, -0.2) is 16.2 Å². The summed E-state index contributed by atoms with van der Waals surface area (Å²) in [5, 5.41) is 11.9. The zero-order chi connectivity index (χ0) is 8.10.